The third-order valence-electron chi connectivity index (χ3n) is 3.57. The first-order valence-corrected chi connectivity index (χ1v) is 6.20. The predicted molar refractivity (Wildman–Crippen MR) is 70.8 cm³/mol. The molecule has 1 heterocycles. The van der Waals surface area contributed by atoms with Gasteiger partial charge in [-0.2, -0.15) is 0 Å². The summed E-state index contributed by atoms with van der Waals surface area (Å²) < 4.78 is 2.10. The Morgan fingerprint density at radius 3 is 2.59 bits per heavy atom. The van der Waals surface area contributed by atoms with Crippen molar-refractivity contribution in [3.05, 3.63) is 48.2 Å². The van der Waals surface area contributed by atoms with Gasteiger partial charge < -0.3 is 5.11 Å². The van der Waals surface area contributed by atoms with Gasteiger partial charge in [-0.25, -0.2) is 4.58 Å². The van der Waals surface area contributed by atoms with Gasteiger partial charge in [0.2, 0.25) is 0 Å². The fraction of sp³-hybridized carbons (Fsp3) is 0.400. The number of nitrogens with zero attached hydrogens (tertiary/aromatic N) is 1. The highest BCUT2D eigenvalue weighted by atomic mass is 16.3. The summed E-state index contributed by atoms with van der Waals surface area (Å²) in [5.41, 5.74) is 1.13. The van der Waals surface area contributed by atoms with Crippen LogP contribution in [0.4, 0.5) is 0 Å². The number of hydrogen-bond donors (Lipinski definition) is 1. The molecule has 0 bridgehead atoms. The van der Waals surface area contributed by atoms with Gasteiger partial charge >= 0.3 is 0 Å². The second-order valence-electron chi connectivity index (χ2n) is 4.76. The monoisotopic (exact) mass is 230 g/mol. The van der Waals surface area contributed by atoms with Gasteiger partial charge in [0.05, 0.1) is 5.76 Å². The van der Waals surface area contributed by atoms with Crippen LogP contribution in [0.3, 0.4) is 0 Å². The quantitative estimate of drug-likeness (QED) is 0.626. The molecule has 1 saturated heterocycles. The lowest BCUT2D eigenvalue weighted by Gasteiger charge is -2.27. The van der Waals surface area contributed by atoms with E-state index in [0.717, 1.165) is 18.5 Å². The first-order chi connectivity index (χ1) is 8.20. The van der Waals surface area contributed by atoms with E-state index in [9.17, 15) is 5.11 Å². The molecule has 1 aromatic carbocycles. The molecule has 2 unspecified atom stereocenters. The molecule has 1 fully saturated rings. The fourth-order valence-corrected chi connectivity index (χ4v) is 2.69. The van der Waals surface area contributed by atoms with Gasteiger partial charge in [-0.1, -0.05) is 36.9 Å². The van der Waals surface area contributed by atoms with Crippen LogP contribution in [0, 0.1) is 0 Å². The van der Waals surface area contributed by atoms with E-state index in [4.69, 9.17) is 0 Å². The Hall–Kier alpha value is -1.57. The Morgan fingerprint density at radius 1 is 1.29 bits per heavy atom. The smallest absolute Gasteiger partial charge is 0.165 e. The van der Waals surface area contributed by atoms with Crippen LogP contribution >= 0.6 is 0 Å². The van der Waals surface area contributed by atoms with E-state index in [0.29, 0.717) is 0 Å². The van der Waals surface area contributed by atoms with Gasteiger partial charge in [0, 0.05) is 12.8 Å². The third kappa shape index (κ3) is 2.57. The maximum absolute atomic E-state index is 9.89. The summed E-state index contributed by atoms with van der Waals surface area (Å²) in [6.07, 6.45) is 3.47. The Bertz CT molecular complexity index is 410. The van der Waals surface area contributed by atoms with Crippen molar-refractivity contribution in [1.82, 2.24) is 0 Å². The molecule has 1 aliphatic rings. The summed E-state index contributed by atoms with van der Waals surface area (Å²) >= 11 is 0. The molecule has 0 saturated carbocycles. The molecule has 1 aromatic rings. The highest BCUT2D eigenvalue weighted by molar-refractivity contribution is 5.27. The van der Waals surface area contributed by atoms with Crippen molar-refractivity contribution in [3.8, 4) is 0 Å². The molecule has 2 rings (SSSR count). The molecule has 0 aromatic heterocycles. The largest absolute Gasteiger partial charge is 0.512 e. The van der Waals surface area contributed by atoms with E-state index in [1.54, 1.807) is 0 Å². The summed E-state index contributed by atoms with van der Waals surface area (Å²) in [5.74, 6) is 0.228. The van der Waals surface area contributed by atoms with Crippen LogP contribution in [0.25, 0.3) is 0 Å². The van der Waals surface area contributed by atoms with Crippen molar-refractivity contribution in [2.45, 2.75) is 31.2 Å². The molecular formula is C15H20NO+. The highest BCUT2D eigenvalue weighted by Crippen LogP contribution is 2.31. The molecule has 17 heavy (non-hydrogen) atoms. The minimum atomic E-state index is -0.0194. The van der Waals surface area contributed by atoms with Gasteiger partial charge in [0.15, 0.2) is 6.04 Å². The number of rotatable bonds is 3. The average molecular weight is 230 g/mol. The van der Waals surface area contributed by atoms with Gasteiger partial charge in [-0.15, -0.1) is 0 Å². The maximum atomic E-state index is 9.89. The van der Waals surface area contributed by atoms with Crippen molar-refractivity contribution < 1.29 is 9.68 Å². The topological polar surface area (TPSA) is 23.2 Å². The third-order valence-corrected chi connectivity index (χ3v) is 3.57. The normalized spacial score (nSPS) is 22.1. The zero-order valence-corrected chi connectivity index (χ0v) is 10.2. The predicted octanol–water partition coefficient (Wildman–Crippen LogP) is 3.11. The molecule has 90 valence electrons. The van der Waals surface area contributed by atoms with E-state index in [1.165, 1.54) is 12.8 Å². The summed E-state index contributed by atoms with van der Waals surface area (Å²) in [5, 5.41) is 9.89. The van der Waals surface area contributed by atoms with Crippen molar-refractivity contribution in [1.29, 1.82) is 0 Å². The Kier molecular flexibility index (Phi) is 3.62. The lowest BCUT2D eigenvalue weighted by molar-refractivity contribution is -0.571. The number of piperidine rings is 1. The van der Waals surface area contributed by atoms with E-state index in [-0.39, 0.29) is 17.7 Å². The fourth-order valence-electron chi connectivity index (χ4n) is 2.69. The Morgan fingerprint density at radius 2 is 2.00 bits per heavy atom. The lowest BCUT2D eigenvalue weighted by Crippen LogP contribution is -2.36. The van der Waals surface area contributed by atoms with Gasteiger partial charge in [-0.3, -0.25) is 0 Å². The summed E-state index contributed by atoms with van der Waals surface area (Å²) in [6, 6.07) is 10.4. The first kappa shape index (κ1) is 11.9. The van der Waals surface area contributed by atoms with Crippen molar-refractivity contribution in [3.63, 3.8) is 0 Å². The molecule has 1 N–H and O–H groups in total. The van der Waals surface area contributed by atoms with E-state index < -0.39 is 0 Å². The van der Waals surface area contributed by atoms with Crippen molar-refractivity contribution >= 4 is 6.72 Å². The van der Waals surface area contributed by atoms with Gasteiger partial charge in [0.1, 0.15) is 19.2 Å². The van der Waals surface area contributed by atoms with E-state index in [1.807, 2.05) is 18.2 Å². The molecule has 2 nitrogen and oxygen atoms in total. The summed E-state index contributed by atoms with van der Waals surface area (Å²) in [6.45, 7) is 8.83. The molecule has 0 radical (unpaired) electrons. The lowest BCUT2D eigenvalue weighted by atomic mass is 9.85. The SMILES string of the molecule is C=C(O)C(c1ccccc1)C1CCCC[N+]1=C. The summed E-state index contributed by atoms with van der Waals surface area (Å²) in [7, 11) is 0. The van der Waals surface area contributed by atoms with Crippen LogP contribution < -0.4 is 0 Å². The van der Waals surface area contributed by atoms with E-state index >= 15 is 0 Å². The van der Waals surface area contributed by atoms with Crippen LogP contribution in [-0.2, 0) is 0 Å². The van der Waals surface area contributed by atoms with Crippen LogP contribution in [0.5, 0.6) is 0 Å². The number of aliphatic hydroxyl groups excluding tert-OH is 1. The minimum Gasteiger partial charge on any atom is -0.512 e. The molecule has 2 heteroatoms. The van der Waals surface area contributed by atoms with Crippen molar-refractivity contribution in [2.24, 2.45) is 0 Å². The molecule has 1 aliphatic heterocycles. The number of benzene rings is 1. The van der Waals surface area contributed by atoms with Crippen molar-refractivity contribution in [2.75, 3.05) is 6.54 Å². The van der Waals surface area contributed by atoms with Gasteiger partial charge in [0.25, 0.3) is 0 Å². The molecule has 0 amide bonds. The Labute approximate surface area is 103 Å². The Balaban J connectivity index is 2.29. The number of hydrogen-bond acceptors (Lipinski definition) is 1. The summed E-state index contributed by atoms with van der Waals surface area (Å²) in [4.78, 5) is 0. The van der Waals surface area contributed by atoms with Crippen LogP contribution in [-0.4, -0.2) is 29.0 Å². The second kappa shape index (κ2) is 5.17. The molecule has 2 atom stereocenters. The average Bonchev–Trinajstić information content (AvgIpc) is 2.33. The molecule has 0 spiro atoms. The van der Waals surface area contributed by atoms with Crippen LogP contribution in [0.15, 0.2) is 42.7 Å². The zero-order chi connectivity index (χ0) is 12.3. The van der Waals surface area contributed by atoms with E-state index in [2.05, 4.69) is 30.0 Å². The van der Waals surface area contributed by atoms with Crippen LogP contribution in [0.2, 0.25) is 0 Å². The maximum Gasteiger partial charge on any atom is 0.165 e. The zero-order valence-electron chi connectivity index (χ0n) is 10.2. The van der Waals surface area contributed by atoms with Crippen LogP contribution in [0.1, 0.15) is 30.7 Å². The first-order valence-electron chi connectivity index (χ1n) is 6.20. The second-order valence-corrected chi connectivity index (χ2v) is 4.76. The highest BCUT2D eigenvalue weighted by Gasteiger charge is 2.34. The standard InChI is InChI=1S/C15H19NO/c1-12(17)15(13-8-4-3-5-9-13)14-10-6-7-11-16(14)2/h3-5,8-9,14-15H,1-2,6-7,10-11H2/p+1. The molecule has 0 aliphatic carbocycles. The van der Waals surface area contributed by atoms with Gasteiger partial charge in [-0.05, 0) is 12.0 Å². The minimum absolute atomic E-state index is 0.0194. The number of aliphatic hydroxyl groups is 1. The molecular weight excluding hydrogens is 210 g/mol.